The fourth-order valence-corrected chi connectivity index (χ4v) is 4.31. The first-order valence-electron chi connectivity index (χ1n) is 12.4. The number of carbonyl (C=O) groups is 2. The monoisotopic (exact) mass is 640 g/mol. The van der Waals surface area contributed by atoms with E-state index in [4.69, 9.17) is 4.74 Å². The highest BCUT2D eigenvalue weighted by Crippen LogP contribution is 2.54. The first-order valence-corrected chi connectivity index (χ1v) is 12.4. The number of methoxy groups -OCH3 is 1. The largest absolute Gasteiger partial charge is 0.494 e. The van der Waals surface area contributed by atoms with Gasteiger partial charge in [0.15, 0.2) is 5.75 Å². The molecule has 0 bridgehead atoms. The summed E-state index contributed by atoms with van der Waals surface area (Å²) in [6, 6.07) is 8.59. The lowest BCUT2D eigenvalue weighted by Gasteiger charge is -2.31. The molecule has 3 aromatic carbocycles. The number of nitrogens with zero attached hydrogens (tertiary/aromatic N) is 1. The number of anilines is 2. The average molecular weight is 640 g/mol. The second-order valence-corrected chi connectivity index (χ2v) is 9.04. The van der Waals surface area contributed by atoms with Crippen molar-refractivity contribution in [2.75, 3.05) is 23.9 Å². The zero-order chi connectivity index (χ0) is 33.2. The molecule has 0 aromatic heterocycles. The topological polar surface area (TPSA) is 67.9 Å². The molecule has 0 aliphatic heterocycles. The number of hydrogen-bond acceptors (Lipinski definition) is 4. The van der Waals surface area contributed by atoms with Crippen LogP contribution in [0.3, 0.4) is 0 Å². The number of benzene rings is 3. The Morgan fingerprint density at radius 3 is 2.02 bits per heavy atom. The van der Waals surface area contributed by atoms with Gasteiger partial charge in [-0.2, -0.15) is 35.1 Å². The van der Waals surface area contributed by atoms with Crippen molar-refractivity contribution in [3.63, 3.8) is 0 Å². The van der Waals surface area contributed by atoms with Crippen molar-refractivity contribution >= 4 is 23.2 Å². The van der Waals surface area contributed by atoms with E-state index in [-0.39, 0.29) is 41.2 Å². The molecule has 0 spiro atoms. The van der Waals surface area contributed by atoms with Gasteiger partial charge in [0.05, 0.1) is 29.6 Å². The van der Waals surface area contributed by atoms with E-state index in [1.165, 1.54) is 37.3 Å². The molecule has 0 atom stereocenters. The molecule has 3 rings (SSSR count). The van der Waals surface area contributed by atoms with Crippen LogP contribution in [-0.2, 0) is 5.67 Å². The van der Waals surface area contributed by atoms with E-state index < -0.39 is 64.8 Å². The van der Waals surface area contributed by atoms with Crippen LogP contribution in [0.5, 0.6) is 11.5 Å². The summed E-state index contributed by atoms with van der Waals surface area (Å²) in [5, 5.41) is 2.06. The average Bonchev–Trinajstić information content (AvgIpc) is 2.93. The zero-order valence-electron chi connectivity index (χ0n) is 22.8. The molecule has 2 amide bonds. The van der Waals surface area contributed by atoms with Gasteiger partial charge in [-0.05, 0) is 55.8 Å². The van der Waals surface area contributed by atoms with Crippen molar-refractivity contribution in [1.29, 1.82) is 0 Å². The van der Waals surface area contributed by atoms with Crippen molar-refractivity contribution in [1.82, 2.24) is 0 Å². The fourth-order valence-electron chi connectivity index (χ4n) is 4.31. The van der Waals surface area contributed by atoms with Gasteiger partial charge < -0.3 is 19.7 Å². The van der Waals surface area contributed by atoms with Crippen LogP contribution in [0.15, 0.2) is 54.6 Å². The van der Waals surface area contributed by atoms with Crippen LogP contribution in [0, 0.1) is 12.7 Å². The Labute approximate surface area is 243 Å². The van der Waals surface area contributed by atoms with Gasteiger partial charge in [-0.3, -0.25) is 9.59 Å². The number of halogens is 10. The Bertz CT molecular complexity index is 1530. The van der Waals surface area contributed by atoms with Gasteiger partial charge in [0, 0.05) is 12.1 Å². The van der Waals surface area contributed by atoms with Gasteiger partial charge in [0.2, 0.25) is 0 Å². The number of alkyl halides is 9. The molecule has 0 unspecified atom stereocenters. The maximum atomic E-state index is 14.7. The van der Waals surface area contributed by atoms with Crippen LogP contribution < -0.4 is 19.7 Å². The Balaban J connectivity index is 2.12. The minimum atomic E-state index is -6.55. The quantitative estimate of drug-likeness (QED) is 0.241. The molecule has 3 aromatic rings. The van der Waals surface area contributed by atoms with Crippen LogP contribution in [0.1, 0.15) is 38.8 Å². The van der Waals surface area contributed by atoms with Gasteiger partial charge >= 0.3 is 24.6 Å². The maximum Gasteiger partial charge on any atom is 0.435 e. The predicted molar refractivity (Wildman–Crippen MR) is 137 cm³/mol. The molecule has 0 fully saturated rings. The van der Waals surface area contributed by atoms with Crippen molar-refractivity contribution in [3.8, 4) is 11.5 Å². The van der Waals surface area contributed by atoms with Gasteiger partial charge in [0.1, 0.15) is 11.6 Å². The first-order chi connectivity index (χ1) is 20.4. The third-order valence-corrected chi connectivity index (χ3v) is 6.33. The van der Waals surface area contributed by atoms with Gasteiger partial charge in [0.25, 0.3) is 11.8 Å². The smallest absolute Gasteiger partial charge is 0.435 e. The number of ether oxygens (including phenoxy) is 2. The molecule has 44 heavy (non-hydrogen) atoms. The lowest BCUT2D eigenvalue weighted by Crippen LogP contribution is -2.50. The number of rotatable bonds is 9. The van der Waals surface area contributed by atoms with Gasteiger partial charge in [-0.25, -0.2) is 8.78 Å². The minimum Gasteiger partial charge on any atom is -0.494 e. The third-order valence-electron chi connectivity index (χ3n) is 6.33. The molecule has 238 valence electrons. The Kier molecular flexibility index (Phi) is 9.75. The van der Waals surface area contributed by atoms with Crippen LogP contribution >= 0.6 is 0 Å². The van der Waals surface area contributed by atoms with E-state index in [0.29, 0.717) is 0 Å². The lowest BCUT2D eigenvalue weighted by molar-refractivity contribution is -0.348. The molecule has 1 N–H and O–H groups in total. The van der Waals surface area contributed by atoms with Crippen LogP contribution in [0.25, 0.3) is 0 Å². The van der Waals surface area contributed by atoms with Crippen LogP contribution in [0.4, 0.5) is 55.3 Å². The number of amides is 2. The Hall–Kier alpha value is -4.50. The zero-order valence-corrected chi connectivity index (χ0v) is 22.8. The summed E-state index contributed by atoms with van der Waals surface area (Å²) in [7, 11) is 1.09. The summed E-state index contributed by atoms with van der Waals surface area (Å²) < 4.78 is 145. The number of carbonyl (C=O) groups excluding carboxylic acids is 2. The highest BCUT2D eigenvalue weighted by molar-refractivity contribution is 6.11. The molecule has 6 nitrogen and oxygen atoms in total. The van der Waals surface area contributed by atoms with E-state index in [1.54, 1.807) is 0 Å². The number of aryl methyl sites for hydroxylation is 1. The van der Waals surface area contributed by atoms with Crippen LogP contribution in [0.2, 0.25) is 0 Å². The summed E-state index contributed by atoms with van der Waals surface area (Å²) in [5.41, 5.74) is -10.4. The Morgan fingerprint density at radius 1 is 0.909 bits per heavy atom. The predicted octanol–water partition coefficient (Wildman–Crippen LogP) is 7.95. The van der Waals surface area contributed by atoms with E-state index in [2.05, 4.69) is 10.1 Å². The van der Waals surface area contributed by atoms with Gasteiger partial charge in [-0.15, -0.1) is 0 Å². The van der Waals surface area contributed by atoms with E-state index in [0.717, 1.165) is 31.1 Å². The summed E-state index contributed by atoms with van der Waals surface area (Å²) in [6.07, 6.45) is -13.1. The van der Waals surface area contributed by atoms with E-state index >= 15 is 0 Å². The maximum absolute atomic E-state index is 14.7. The van der Waals surface area contributed by atoms with Crippen molar-refractivity contribution in [3.05, 3.63) is 82.7 Å². The standard InChI is InChI=1S/C28H22F10N2O4/c1-4-40(24(42)16-8-5-6-10-18(16)29)19-11-7-9-17(22(19)43-3)23(41)39-21-14(2)12-15(13-20(21)44-25(30)31)26(32,27(33,34)35)28(36,37)38/h5-13,25H,4H2,1-3H3,(H,39,41). The van der Waals surface area contributed by atoms with Gasteiger partial charge in [-0.1, -0.05) is 18.2 Å². The lowest BCUT2D eigenvalue weighted by atomic mass is 9.92. The summed E-state index contributed by atoms with van der Waals surface area (Å²) >= 11 is 0. The summed E-state index contributed by atoms with van der Waals surface area (Å²) in [5.74, 6) is -4.57. The highest BCUT2D eigenvalue weighted by atomic mass is 19.4. The number of hydrogen-bond donors (Lipinski definition) is 1. The van der Waals surface area contributed by atoms with Crippen molar-refractivity contribution in [2.45, 2.75) is 38.5 Å². The van der Waals surface area contributed by atoms with E-state index in [1.807, 2.05) is 0 Å². The second-order valence-electron chi connectivity index (χ2n) is 9.04. The molecule has 0 aliphatic rings. The molecular formula is C28H22F10N2O4. The molecule has 0 saturated carbocycles. The summed E-state index contributed by atoms with van der Waals surface area (Å²) in [4.78, 5) is 27.5. The fraction of sp³-hybridized carbons (Fsp3) is 0.286. The normalized spacial score (nSPS) is 12.2. The second kappa shape index (κ2) is 12.6. The molecular weight excluding hydrogens is 618 g/mol. The first kappa shape index (κ1) is 34.0. The molecule has 0 aliphatic carbocycles. The van der Waals surface area contributed by atoms with Crippen molar-refractivity contribution < 1.29 is 63.0 Å². The molecule has 0 heterocycles. The van der Waals surface area contributed by atoms with Crippen molar-refractivity contribution in [2.24, 2.45) is 0 Å². The third kappa shape index (κ3) is 6.38. The Morgan fingerprint density at radius 2 is 1.50 bits per heavy atom. The van der Waals surface area contributed by atoms with E-state index in [9.17, 15) is 53.5 Å². The minimum absolute atomic E-state index is 0.0513. The SMILES string of the molecule is CCN(C(=O)c1ccccc1F)c1cccc(C(=O)Nc2c(C)cc(C(F)(C(F)(F)F)C(F)(F)F)cc2OC(F)F)c1OC. The van der Waals surface area contributed by atoms with Crippen LogP contribution in [-0.4, -0.2) is 44.4 Å². The summed E-state index contributed by atoms with van der Waals surface area (Å²) in [6.45, 7) is -1.53. The number of nitrogens with one attached hydrogen (secondary N) is 1. The molecule has 0 saturated heterocycles. The highest BCUT2D eigenvalue weighted by Gasteiger charge is 2.73. The molecule has 0 radical (unpaired) electrons. The molecule has 16 heteroatoms. The number of para-hydroxylation sites is 1.